The molecule has 2 rings (SSSR count). The predicted octanol–water partition coefficient (Wildman–Crippen LogP) is -1.69. The van der Waals surface area contributed by atoms with E-state index < -0.39 is 5.97 Å². The fraction of sp³-hybridized carbons (Fsp3) is 0.167. The predicted molar refractivity (Wildman–Crippen MR) is 64.7 cm³/mol. The molecule has 18 heavy (non-hydrogen) atoms. The second-order valence-corrected chi connectivity index (χ2v) is 3.69. The van der Waals surface area contributed by atoms with E-state index in [4.69, 9.17) is 10.5 Å². The molecule has 0 radical (unpaired) electrons. The van der Waals surface area contributed by atoms with Gasteiger partial charge in [-0.25, -0.2) is 0 Å². The normalized spacial score (nSPS) is 10.0. The molecule has 0 atom stereocenters. The minimum absolute atomic E-state index is 0. The van der Waals surface area contributed by atoms with Gasteiger partial charge in [-0.1, -0.05) is 18.2 Å². The van der Waals surface area contributed by atoms with E-state index >= 15 is 0 Å². The van der Waals surface area contributed by atoms with Crippen molar-refractivity contribution in [3.8, 4) is 0 Å². The van der Waals surface area contributed by atoms with E-state index in [-0.39, 0.29) is 30.6 Å². The second-order valence-electron chi connectivity index (χ2n) is 3.69. The highest BCUT2D eigenvalue weighted by Gasteiger charge is 2.11. The maximum Gasteiger partial charge on any atom is 1.00 e. The molecule has 0 amide bonds. The number of fused-ring (bicyclic) bond motifs is 1. The highest BCUT2D eigenvalue weighted by molar-refractivity contribution is 5.78. The molecule has 1 heterocycles. The summed E-state index contributed by atoms with van der Waals surface area (Å²) in [6, 6.07) is 7.38. The zero-order valence-electron chi connectivity index (χ0n) is 10.6. The van der Waals surface area contributed by atoms with Crippen LogP contribution in [0.25, 0.3) is 11.0 Å². The number of carbonyl (C=O) groups is 1. The van der Waals surface area contributed by atoms with Crippen LogP contribution in [0.2, 0.25) is 0 Å². The van der Waals surface area contributed by atoms with Crippen LogP contribution in [-0.2, 0) is 17.9 Å². The van der Waals surface area contributed by atoms with Crippen molar-refractivity contribution >= 4 is 17.0 Å². The molecular formula is C12H14BrN3O2. The van der Waals surface area contributed by atoms with Crippen LogP contribution in [0.5, 0.6) is 0 Å². The molecule has 0 aliphatic carbocycles. The fourth-order valence-corrected chi connectivity index (χ4v) is 1.90. The van der Waals surface area contributed by atoms with Gasteiger partial charge in [-0.3, -0.25) is 14.8 Å². The first kappa shape index (κ1) is 14.2. The van der Waals surface area contributed by atoms with Crippen LogP contribution in [0, 0.1) is 5.41 Å². The van der Waals surface area contributed by atoms with Gasteiger partial charge in [0, 0.05) is 6.54 Å². The molecule has 96 valence electrons. The first-order valence-corrected chi connectivity index (χ1v) is 5.20. The number of nitrogens with one attached hydrogen (secondary N) is 1. The number of allylic oxidation sites excluding steroid dienone is 1. The Morgan fingerprint density at radius 2 is 1.94 bits per heavy atom. The molecule has 0 bridgehead atoms. The summed E-state index contributed by atoms with van der Waals surface area (Å²) >= 11 is 0. The Kier molecular flexibility index (Phi) is 4.49. The summed E-state index contributed by atoms with van der Waals surface area (Å²) in [5.74, 6) is -0.954. The third-order valence-corrected chi connectivity index (χ3v) is 2.58. The summed E-state index contributed by atoms with van der Waals surface area (Å²) in [4.78, 5) is 10.8. The van der Waals surface area contributed by atoms with Crippen LogP contribution < -0.4 is 22.6 Å². The molecule has 0 aliphatic heterocycles. The van der Waals surface area contributed by atoms with Gasteiger partial charge in [0.05, 0.1) is 11.0 Å². The highest BCUT2D eigenvalue weighted by Crippen LogP contribution is 2.12. The van der Waals surface area contributed by atoms with E-state index in [9.17, 15) is 4.79 Å². The van der Waals surface area contributed by atoms with Gasteiger partial charge in [0.1, 0.15) is 6.54 Å². The minimum Gasteiger partial charge on any atom is -1.00 e. The SMILES string of the molecule is C=CCn1c(=N)n(CC(=O)O)c2ccccc21.[Br-].[H+]. The standard InChI is InChI=1S/C12H13N3O2.BrH/c1-2-7-14-9-5-3-4-6-10(9)15(12(14)13)8-11(16)17;/h2-6,13H,1,7-8H2,(H,16,17);1H. The zero-order valence-corrected chi connectivity index (χ0v) is 11.2. The summed E-state index contributed by atoms with van der Waals surface area (Å²) in [6.07, 6.45) is 1.69. The lowest BCUT2D eigenvalue weighted by atomic mass is 10.3. The van der Waals surface area contributed by atoms with E-state index in [1.807, 2.05) is 24.3 Å². The summed E-state index contributed by atoms with van der Waals surface area (Å²) in [6.45, 7) is 3.93. The largest absolute Gasteiger partial charge is 1.00 e. The molecular weight excluding hydrogens is 298 g/mol. The molecule has 0 fully saturated rings. The number of nitrogens with zero attached hydrogens (tertiary/aromatic N) is 2. The monoisotopic (exact) mass is 311 g/mol. The number of benzene rings is 1. The van der Waals surface area contributed by atoms with Gasteiger partial charge in [-0.15, -0.1) is 6.58 Å². The van der Waals surface area contributed by atoms with Crippen LogP contribution in [0.3, 0.4) is 0 Å². The maximum absolute atomic E-state index is 10.8. The first-order valence-electron chi connectivity index (χ1n) is 5.20. The molecule has 5 nitrogen and oxygen atoms in total. The molecule has 1 aromatic carbocycles. The van der Waals surface area contributed by atoms with Gasteiger partial charge in [-0.05, 0) is 12.1 Å². The number of halogens is 1. The van der Waals surface area contributed by atoms with Gasteiger partial charge in [0.25, 0.3) is 0 Å². The Hall–Kier alpha value is -1.82. The average molecular weight is 312 g/mol. The van der Waals surface area contributed by atoms with E-state index in [1.54, 1.807) is 10.6 Å². The number of rotatable bonds is 4. The molecule has 0 aliphatic rings. The highest BCUT2D eigenvalue weighted by atomic mass is 79.9. The molecule has 2 aromatic rings. The number of carboxylic acids is 1. The summed E-state index contributed by atoms with van der Waals surface area (Å²) < 4.78 is 3.20. The van der Waals surface area contributed by atoms with Crippen molar-refractivity contribution in [3.05, 3.63) is 42.5 Å². The number of hydrogen-bond donors (Lipinski definition) is 2. The van der Waals surface area contributed by atoms with Gasteiger partial charge in [0.15, 0.2) is 0 Å². The van der Waals surface area contributed by atoms with Crippen LogP contribution in [0.15, 0.2) is 36.9 Å². The van der Waals surface area contributed by atoms with Crippen molar-refractivity contribution in [3.63, 3.8) is 0 Å². The van der Waals surface area contributed by atoms with E-state index in [0.29, 0.717) is 6.54 Å². The van der Waals surface area contributed by atoms with Crippen molar-refractivity contribution < 1.29 is 28.3 Å². The lowest BCUT2D eigenvalue weighted by Crippen LogP contribution is -3.00. The van der Waals surface area contributed by atoms with Crippen molar-refractivity contribution in [1.82, 2.24) is 9.13 Å². The van der Waals surface area contributed by atoms with E-state index in [2.05, 4.69) is 6.58 Å². The molecule has 0 saturated carbocycles. The third-order valence-electron chi connectivity index (χ3n) is 2.58. The van der Waals surface area contributed by atoms with Gasteiger partial charge < -0.3 is 26.7 Å². The van der Waals surface area contributed by atoms with Crippen molar-refractivity contribution in [2.24, 2.45) is 0 Å². The van der Waals surface area contributed by atoms with Crippen LogP contribution >= 0.6 is 0 Å². The summed E-state index contributed by atoms with van der Waals surface area (Å²) in [7, 11) is 0. The van der Waals surface area contributed by atoms with Crippen molar-refractivity contribution in [1.29, 1.82) is 5.41 Å². The zero-order chi connectivity index (χ0) is 12.4. The smallest absolute Gasteiger partial charge is 1.00 e. The number of hydrogen-bond acceptors (Lipinski definition) is 2. The molecule has 6 heteroatoms. The molecule has 0 spiro atoms. The minimum atomic E-state index is -0.954. The van der Waals surface area contributed by atoms with Gasteiger partial charge in [0.2, 0.25) is 5.62 Å². The van der Waals surface area contributed by atoms with Gasteiger partial charge >= 0.3 is 7.40 Å². The van der Waals surface area contributed by atoms with Gasteiger partial charge in [-0.2, -0.15) is 0 Å². The Balaban J connectivity index is 0.00000162. The Morgan fingerprint density at radius 3 is 2.44 bits per heavy atom. The lowest BCUT2D eigenvalue weighted by molar-refractivity contribution is -0.137. The number of carboxylic acid groups (broad SMARTS) is 1. The molecule has 0 saturated heterocycles. The summed E-state index contributed by atoms with van der Waals surface area (Å²) in [5.41, 5.74) is 1.77. The average Bonchev–Trinajstić information content (AvgIpc) is 2.55. The number of imidazole rings is 1. The Labute approximate surface area is 116 Å². The quantitative estimate of drug-likeness (QED) is 0.662. The van der Waals surface area contributed by atoms with E-state index in [0.717, 1.165) is 11.0 Å². The maximum atomic E-state index is 10.8. The number of aromatic nitrogens is 2. The topological polar surface area (TPSA) is 71.0 Å². The molecule has 2 N–H and O–H groups in total. The molecule has 0 unspecified atom stereocenters. The van der Waals surface area contributed by atoms with Crippen LogP contribution in [0.4, 0.5) is 0 Å². The first-order chi connectivity index (χ1) is 8.15. The van der Waals surface area contributed by atoms with E-state index in [1.165, 1.54) is 4.57 Å². The molecule has 1 aromatic heterocycles. The van der Waals surface area contributed by atoms with Crippen LogP contribution in [0.1, 0.15) is 1.43 Å². The number of para-hydroxylation sites is 2. The Morgan fingerprint density at radius 1 is 1.39 bits per heavy atom. The lowest BCUT2D eigenvalue weighted by Gasteiger charge is -1.99. The van der Waals surface area contributed by atoms with Crippen LogP contribution in [-0.4, -0.2) is 20.2 Å². The summed E-state index contributed by atoms with van der Waals surface area (Å²) in [5, 5.41) is 16.8. The third kappa shape index (κ3) is 2.38. The fourth-order valence-electron chi connectivity index (χ4n) is 1.90. The Bertz CT molecular complexity index is 648. The second kappa shape index (κ2) is 5.68. The number of aliphatic carboxylic acids is 1. The van der Waals surface area contributed by atoms with Crippen molar-refractivity contribution in [2.45, 2.75) is 13.1 Å². The van der Waals surface area contributed by atoms with Crippen molar-refractivity contribution in [2.75, 3.05) is 0 Å².